The molecule has 0 fully saturated rings. The van der Waals surface area contributed by atoms with Crippen molar-refractivity contribution in [3.63, 3.8) is 0 Å². The lowest BCUT2D eigenvalue weighted by Crippen LogP contribution is -2.06. The van der Waals surface area contributed by atoms with Crippen molar-refractivity contribution in [1.82, 2.24) is 9.97 Å². The quantitative estimate of drug-likeness (QED) is 0.197. The Balaban J connectivity index is 1.41. The van der Waals surface area contributed by atoms with Crippen molar-refractivity contribution in [2.75, 3.05) is 0 Å². The Hall–Kier alpha value is -3.48. The Morgan fingerprint density at radius 3 is 2.54 bits per heavy atom. The maximum atomic E-state index is 14.5. The number of carbonyl (C=O) groups is 1. The third kappa shape index (κ3) is 4.85. The van der Waals surface area contributed by atoms with Crippen LogP contribution in [0.25, 0.3) is 11.1 Å². The highest BCUT2D eigenvalue weighted by atomic mass is 35.5. The smallest absolute Gasteiger partial charge is 0.222 e. The second kappa shape index (κ2) is 10.0. The minimum atomic E-state index is -0.270. The lowest BCUT2D eigenvalue weighted by atomic mass is 9.96. The van der Waals surface area contributed by atoms with E-state index in [0.717, 1.165) is 23.1 Å². The number of hydrogen-bond donors (Lipinski definition) is 0. The van der Waals surface area contributed by atoms with Crippen LogP contribution in [0.4, 0.5) is 4.39 Å². The molecule has 35 heavy (non-hydrogen) atoms. The van der Waals surface area contributed by atoms with Crippen molar-refractivity contribution in [3.8, 4) is 22.6 Å². The zero-order valence-corrected chi connectivity index (χ0v) is 19.9. The third-order valence-corrected chi connectivity index (χ3v) is 6.40. The molecule has 1 atom stereocenters. The van der Waals surface area contributed by atoms with Crippen LogP contribution in [0.5, 0.6) is 11.5 Å². The van der Waals surface area contributed by atoms with Crippen molar-refractivity contribution >= 4 is 29.5 Å². The van der Waals surface area contributed by atoms with Crippen LogP contribution in [0.1, 0.15) is 39.6 Å². The molecule has 3 aromatic carbocycles. The standard InChI is InChI=1S/C27H19Cl2FN2O3/c28-22-10-17(14-33)25(34-15-16-12-31-27(29)32-13-16)11-26(22)35-24-9-8-19-18(5-3-6-21(19)24)20-4-1-2-7-23(20)30/h1-7,10-14,24H,8-9,15H2/t24-/m0/s1. The molecular weight excluding hydrogens is 490 g/mol. The maximum Gasteiger partial charge on any atom is 0.222 e. The van der Waals surface area contributed by atoms with E-state index in [4.69, 9.17) is 32.7 Å². The van der Waals surface area contributed by atoms with E-state index in [1.165, 1.54) is 12.1 Å². The molecule has 0 amide bonds. The second-order valence-corrected chi connectivity index (χ2v) is 8.83. The number of hydrogen-bond acceptors (Lipinski definition) is 5. The van der Waals surface area contributed by atoms with Crippen molar-refractivity contribution in [3.05, 3.63) is 105 Å². The average molecular weight is 509 g/mol. The van der Waals surface area contributed by atoms with Crippen LogP contribution in [-0.4, -0.2) is 16.3 Å². The molecule has 8 heteroatoms. The minimum absolute atomic E-state index is 0.136. The number of halogens is 3. The first kappa shape index (κ1) is 23.3. The molecule has 0 unspecified atom stereocenters. The molecule has 0 saturated heterocycles. The minimum Gasteiger partial charge on any atom is -0.488 e. The van der Waals surface area contributed by atoms with Gasteiger partial charge in [0.05, 0.1) is 10.6 Å². The van der Waals surface area contributed by atoms with Crippen LogP contribution >= 0.6 is 23.2 Å². The fraction of sp³-hybridized carbons (Fsp3) is 0.148. The van der Waals surface area contributed by atoms with E-state index in [1.807, 2.05) is 24.3 Å². The molecule has 5 nitrogen and oxygen atoms in total. The van der Waals surface area contributed by atoms with E-state index in [2.05, 4.69) is 9.97 Å². The van der Waals surface area contributed by atoms with Crippen molar-refractivity contribution < 1.29 is 18.7 Å². The summed E-state index contributed by atoms with van der Waals surface area (Å²) in [4.78, 5) is 19.5. The Morgan fingerprint density at radius 2 is 1.77 bits per heavy atom. The van der Waals surface area contributed by atoms with Crippen LogP contribution in [0.3, 0.4) is 0 Å². The van der Waals surface area contributed by atoms with Gasteiger partial charge >= 0.3 is 0 Å². The molecule has 0 N–H and O–H groups in total. The normalized spacial score (nSPS) is 14.4. The molecule has 0 radical (unpaired) electrons. The van der Waals surface area contributed by atoms with Gasteiger partial charge in [-0.3, -0.25) is 4.79 Å². The first-order valence-electron chi connectivity index (χ1n) is 10.9. The number of aromatic nitrogens is 2. The number of ether oxygens (including phenoxy) is 2. The summed E-state index contributed by atoms with van der Waals surface area (Å²) in [7, 11) is 0. The Labute approximate surface area is 211 Å². The van der Waals surface area contributed by atoms with Crippen LogP contribution < -0.4 is 9.47 Å². The van der Waals surface area contributed by atoms with Crippen molar-refractivity contribution in [1.29, 1.82) is 0 Å². The van der Waals surface area contributed by atoms with Gasteiger partial charge in [-0.15, -0.1) is 0 Å². The largest absolute Gasteiger partial charge is 0.488 e. The van der Waals surface area contributed by atoms with E-state index in [-0.39, 0.29) is 23.8 Å². The number of benzene rings is 3. The highest BCUT2D eigenvalue weighted by Crippen LogP contribution is 2.43. The molecule has 1 aliphatic rings. The molecule has 0 saturated carbocycles. The zero-order chi connectivity index (χ0) is 24.4. The van der Waals surface area contributed by atoms with Gasteiger partial charge in [0.25, 0.3) is 0 Å². The predicted molar refractivity (Wildman–Crippen MR) is 132 cm³/mol. The summed E-state index contributed by atoms with van der Waals surface area (Å²) in [6, 6.07) is 15.7. The van der Waals surface area contributed by atoms with Gasteiger partial charge in [-0.25, -0.2) is 14.4 Å². The summed E-state index contributed by atoms with van der Waals surface area (Å²) in [5.74, 6) is 0.465. The van der Waals surface area contributed by atoms with Gasteiger partial charge in [0.1, 0.15) is 30.0 Å². The van der Waals surface area contributed by atoms with E-state index in [0.29, 0.717) is 45.9 Å². The Morgan fingerprint density at radius 1 is 1.00 bits per heavy atom. The van der Waals surface area contributed by atoms with Gasteiger partial charge in [0.15, 0.2) is 6.29 Å². The SMILES string of the molecule is O=Cc1cc(Cl)c(O[C@H]2CCc3c(-c4ccccc4F)cccc32)cc1OCc1cnc(Cl)nc1. The van der Waals surface area contributed by atoms with Gasteiger partial charge in [0.2, 0.25) is 5.28 Å². The lowest BCUT2D eigenvalue weighted by Gasteiger charge is -2.18. The predicted octanol–water partition coefficient (Wildman–Crippen LogP) is 7.05. The van der Waals surface area contributed by atoms with E-state index in [9.17, 15) is 9.18 Å². The fourth-order valence-corrected chi connectivity index (χ4v) is 4.57. The lowest BCUT2D eigenvalue weighted by molar-refractivity contribution is 0.111. The van der Waals surface area contributed by atoms with Crippen molar-refractivity contribution in [2.24, 2.45) is 0 Å². The molecule has 0 bridgehead atoms. The monoisotopic (exact) mass is 508 g/mol. The average Bonchev–Trinajstić information content (AvgIpc) is 3.28. The number of carbonyl (C=O) groups excluding carboxylic acids is 1. The molecule has 0 spiro atoms. The summed E-state index contributed by atoms with van der Waals surface area (Å²) in [5, 5.41) is 0.437. The molecular formula is C27H19Cl2FN2O3. The topological polar surface area (TPSA) is 61.3 Å². The highest BCUT2D eigenvalue weighted by molar-refractivity contribution is 6.32. The number of fused-ring (bicyclic) bond motifs is 1. The third-order valence-electron chi connectivity index (χ3n) is 5.91. The van der Waals surface area contributed by atoms with Crippen molar-refractivity contribution in [2.45, 2.75) is 25.6 Å². The van der Waals surface area contributed by atoms with E-state index in [1.54, 1.807) is 30.6 Å². The van der Waals surface area contributed by atoms with Gasteiger partial charge in [-0.05, 0) is 53.3 Å². The molecule has 176 valence electrons. The van der Waals surface area contributed by atoms with Crippen LogP contribution in [-0.2, 0) is 13.0 Å². The van der Waals surface area contributed by atoms with Gasteiger partial charge in [-0.2, -0.15) is 0 Å². The molecule has 5 rings (SSSR count). The van der Waals surface area contributed by atoms with Crippen LogP contribution in [0.2, 0.25) is 10.3 Å². The highest BCUT2D eigenvalue weighted by Gasteiger charge is 2.28. The van der Waals surface area contributed by atoms with E-state index < -0.39 is 0 Å². The van der Waals surface area contributed by atoms with Gasteiger partial charge < -0.3 is 9.47 Å². The summed E-state index contributed by atoms with van der Waals surface area (Å²) in [6.45, 7) is 0.136. The number of nitrogens with zero attached hydrogens (tertiary/aromatic N) is 2. The zero-order valence-electron chi connectivity index (χ0n) is 18.4. The molecule has 1 aliphatic carbocycles. The number of aldehydes is 1. The molecule has 1 heterocycles. The maximum absolute atomic E-state index is 14.5. The summed E-state index contributed by atoms with van der Waals surface area (Å²) in [5.41, 5.74) is 4.47. The molecule has 4 aromatic rings. The Kier molecular flexibility index (Phi) is 6.66. The summed E-state index contributed by atoms with van der Waals surface area (Å²) in [6.07, 6.45) is 4.96. The second-order valence-electron chi connectivity index (χ2n) is 8.09. The first-order valence-corrected chi connectivity index (χ1v) is 11.7. The van der Waals surface area contributed by atoms with Crippen LogP contribution in [0.15, 0.2) is 67.0 Å². The molecule has 1 aromatic heterocycles. The summed E-state index contributed by atoms with van der Waals surface area (Å²) >= 11 is 12.2. The first-order chi connectivity index (χ1) is 17.0. The van der Waals surface area contributed by atoms with Gasteiger partial charge in [0, 0.05) is 29.6 Å². The molecule has 0 aliphatic heterocycles. The fourth-order valence-electron chi connectivity index (χ4n) is 4.26. The van der Waals surface area contributed by atoms with Crippen LogP contribution in [0, 0.1) is 5.82 Å². The van der Waals surface area contributed by atoms with E-state index >= 15 is 0 Å². The van der Waals surface area contributed by atoms with Gasteiger partial charge in [-0.1, -0.05) is 48.0 Å². The Bertz CT molecular complexity index is 1400. The summed E-state index contributed by atoms with van der Waals surface area (Å²) < 4.78 is 26.6. The number of rotatable bonds is 7.